The number of hydrogen-bond donors (Lipinski definition) is 3. The van der Waals surface area contributed by atoms with Gasteiger partial charge in [0.2, 0.25) is 5.82 Å². The van der Waals surface area contributed by atoms with Gasteiger partial charge in [0.1, 0.15) is 12.3 Å². The molecular weight excluding hydrogens is 256 g/mol. The van der Waals surface area contributed by atoms with E-state index in [0.29, 0.717) is 0 Å². The average molecular weight is 268 g/mol. The molecule has 102 valence electrons. The Morgan fingerprint density at radius 3 is 3.11 bits per heavy atom. The van der Waals surface area contributed by atoms with Crippen LogP contribution in [0.5, 0.6) is 0 Å². The van der Waals surface area contributed by atoms with Gasteiger partial charge in [0.05, 0.1) is 12.7 Å². The molecule has 0 spiro atoms. The molecule has 0 aromatic carbocycles. The minimum absolute atomic E-state index is 0.108. The summed E-state index contributed by atoms with van der Waals surface area (Å²) in [7, 11) is 0. The molecular formula is C9H12N6O4. The maximum atomic E-state index is 11.7. The third kappa shape index (κ3) is 2.83. The predicted octanol–water partition coefficient (Wildman–Crippen LogP) is -0.479. The van der Waals surface area contributed by atoms with Crippen LogP contribution in [0.2, 0.25) is 0 Å². The monoisotopic (exact) mass is 268 g/mol. The van der Waals surface area contributed by atoms with Gasteiger partial charge in [-0.3, -0.25) is 4.57 Å². The highest BCUT2D eigenvalue weighted by atomic mass is 16.5. The van der Waals surface area contributed by atoms with Crippen LogP contribution in [0.25, 0.3) is 10.4 Å². The highest BCUT2D eigenvalue weighted by Crippen LogP contribution is 2.27. The van der Waals surface area contributed by atoms with Gasteiger partial charge in [0.15, 0.2) is 0 Å². The zero-order valence-corrected chi connectivity index (χ0v) is 9.75. The smallest absolute Gasteiger partial charge is 0.353 e. The van der Waals surface area contributed by atoms with E-state index in [0.717, 1.165) is 0 Å². The van der Waals surface area contributed by atoms with Crippen LogP contribution in [0.4, 0.5) is 5.82 Å². The van der Waals surface area contributed by atoms with Crippen LogP contribution in [-0.4, -0.2) is 38.6 Å². The number of nitrogens with zero attached hydrogens (tertiary/aromatic N) is 5. The second kappa shape index (κ2) is 5.67. The highest BCUT2D eigenvalue weighted by molar-refractivity contribution is 5.30. The maximum absolute atomic E-state index is 11.7. The van der Waals surface area contributed by atoms with Gasteiger partial charge in [0, 0.05) is 18.7 Å². The summed E-state index contributed by atoms with van der Waals surface area (Å²) >= 11 is 0. The van der Waals surface area contributed by atoms with Crippen molar-refractivity contribution < 1.29 is 14.9 Å². The number of aliphatic hydroxyl groups is 2. The third-order valence-corrected chi connectivity index (χ3v) is 2.73. The van der Waals surface area contributed by atoms with Gasteiger partial charge in [-0.2, -0.15) is 9.90 Å². The second-order valence-corrected chi connectivity index (χ2v) is 3.92. The minimum Gasteiger partial charge on any atom is -0.394 e. The van der Waals surface area contributed by atoms with E-state index < -0.39 is 24.1 Å². The van der Waals surface area contributed by atoms with Crippen molar-refractivity contribution in [1.82, 2.24) is 9.55 Å². The van der Waals surface area contributed by atoms with Crippen molar-refractivity contribution >= 4 is 5.82 Å². The van der Waals surface area contributed by atoms with E-state index in [9.17, 15) is 9.90 Å². The predicted molar refractivity (Wildman–Crippen MR) is 62.9 cm³/mol. The molecule has 3 atom stereocenters. The van der Waals surface area contributed by atoms with Crippen molar-refractivity contribution in [3.63, 3.8) is 0 Å². The number of hydrogen-bond acceptors (Lipinski definition) is 6. The summed E-state index contributed by atoms with van der Waals surface area (Å²) in [5.74, 6) is 0.108. The van der Waals surface area contributed by atoms with Crippen molar-refractivity contribution in [3.05, 3.63) is 33.2 Å². The van der Waals surface area contributed by atoms with E-state index in [1.54, 1.807) is 0 Å². The molecule has 19 heavy (non-hydrogen) atoms. The molecule has 10 nitrogen and oxygen atoms in total. The van der Waals surface area contributed by atoms with Crippen LogP contribution in [0.1, 0.15) is 12.6 Å². The Morgan fingerprint density at radius 2 is 2.53 bits per heavy atom. The number of aliphatic hydroxyl groups excluding tert-OH is 2. The number of azide groups is 1. The molecule has 3 N–H and O–H groups in total. The van der Waals surface area contributed by atoms with Crippen molar-refractivity contribution in [1.29, 1.82) is 0 Å². The molecule has 1 fully saturated rings. The number of aromatic nitrogens is 2. The normalized spacial score (nSPS) is 25.9. The molecule has 2 rings (SSSR count). The first-order valence-corrected chi connectivity index (χ1v) is 5.49. The van der Waals surface area contributed by atoms with Crippen LogP contribution in [0.3, 0.4) is 0 Å². The van der Waals surface area contributed by atoms with Gasteiger partial charge in [-0.05, 0) is 5.22 Å². The number of anilines is 1. The molecule has 1 saturated heterocycles. The maximum Gasteiger partial charge on any atom is 0.353 e. The van der Waals surface area contributed by atoms with Crippen molar-refractivity contribution in [2.45, 2.75) is 24.9 Å². The Hall–Kier alpha value is -2.13. The Kier molecular flexibility index (Phi) is 3.97. The van der Waals surface area contributed by atoms with E-state index in [-0.39, 0.29) is 18.8 Å². The summed E-state index contributed by atoms with van der Waals surface area (Å²) < 4.78 is 6.53. The van der Waals surface area contributed by atoms with Gasteiger partial charge in [-0.1, -0.05) is 0 Å². The van der Waals surface area contributed by atoms with Crippen LogP contribution in [0, 0.1) is 0 Å². The van der Waals surface area contributed by atoms with Crippen molar-refractivity contribution in [2.75, 3.05) is 12.0 Å². The largest absolute Gasteiger partial charge is 0.394 e. The fraction of sp³-hybridized carbons (Fsp3) is 0.556. The summed E-state index contributed by atoms with van der Waals surface area (Å²) in [6.07, 6.45) is -0.626. The molecule has 0 aliphatic carbocycles. The first-order valence-electron chi connectivity index (χ1n) is 5.49. The fourth-order valence-corrected chi connectivity index (χ4v) is 1.82. The standard InChI is InChI=1S/C9H12N6O4/c10-13-14-12-7-1-2-15(9(18)11-7)8-3-5(17)6(4-16)19-8/h1-2,5-6,8,16-17H,3-4H2,(H,11,12,18)/t5-,6+,8+/m0/s1. The lowest BCUT2D eigenvalue weighted by Crippen LogP contribution is -2.27. The van der Waals surface area contributed by atoms with E-state index in [2.05, 4.69) is 20.5 Å². The van der Waals surface area contributed by atoms with E-state index in [1.165, 1.54) is 16.8 Å². The van der Waals surface area contributed by atoms with Gasteiger partial charge < -0.3 is 14.9 Å². The Labute approximate surface area is 106 Å². The minimum atomic E-state index is -0.831. The number of nitrogens with one attached hydrogen (secondary N) is 1. The Bertz CT molecular complexity index is 554. The highest BCUT2D eigenvalue weighted by Gasteiger charge is 2.34. The van der Waals surface area contributed by atoms with Gasteiger partial charge in [-0.25, -0.2) is 10.2 Å². The molecule has 1 aromatic rings. The van der Waals surface area contributed by atoms with Crippen LogP contribution >= 0.6 is 0 Å². The summed E-state index contributed by atoms with van der Waals surface area (Å²) in [6.45, 7) is -0.323. The fourth-order valence-electron chi connectivity index (χ4n) is 1.82. The molecule has 0 unspecified atom stereocenters. The summed E-state index contributed by atoms with van der Waals surface area (Å²) in [5.41, 5.74) is 9.74. The van der Waals surface area contributed by atoms with E-state index in [1.807, 2.05) is 0 Å². The van der Waals surface area contributed by atoms with Gasteiger partial charge in [0.25, 0.3) is 0 Å². The topological polar surface area (TPSA) is 145 Å². The second-order valence-electron chi connectivity index (χ2n) is 3.92. The molecule has 0 bridgehead atoms. The van der Waals surface area contributed by atoms with Gasteiger partial charge in [-0.15, -0.1) is 5.53 Å². The lowest BCUT2D eigenvalue weighted by Gasteiger charge is -2.13. The van der Waals surface area contributed by atoms with E-state index in [4.69, 9.17) is 15.4 Å². The van der Waals surface area contributed by atoms with Gasteiger partial charge >= 0.3 is 5.69 Å². The zero-order chi connectivity index (χ0) is 13.8. The summed E-state index contributed by atoms with van der Waals surface area (Å²) in [6, 6.07) is 1.43. The molecule has 0 amide bonds. The molecule has 0 radical (unpaired) electrons. The average Bonchev–Trinajstić information content (AvgIpc) is 2.77. The van der Waals surface area contributed by atoms with Crippen molar-refractivity contribution in [2.24, 2.45) is 5.22 Å². The quantitative estimate of drug-likeness (QED) is 0.291. The van der Waals surface area contributed by atoms with Crippen LogP contribution < -0.4 is 11.1 Å². The lowest BCUT2D eigenvalue weighted by molar-refractivity contribution is -0.0458. The van der Waals surface area contributed by atoms with Crippen LogP contribution in [0.15, 0.2) is 22.3 Å². The lowest BCUT2D eigenvalue weighted by atomic mass is 10.2. The first-order chi connectivity index (χ1) is 9.15. The molecule has 10 heteroatoms. The molecule has 1 aliphatic heterocycles. The zero-order valence-electron chi connectivity index (χ0n) is 9.75. The SMILES string of the molecule is [N-]=[N+]=NNc1ccn([C@H]2C[C@H](O)[C@@H](CO)O2)c(=O)n1. The Morgan fingerprint density at radius 1 is 1.74 bits per heavy atom. The summed E-state index contributed by atoms with van der Waals surface area (Å²) in [4.78, 5) is 17.9. The third-order valence-electron chi connectivity index (χ3n) is 2.73. The van der Waals surface area contributed by atoms with E-state index >= 15 is 0 Å². The van der Waals surface area contributed by atoms with Crippen LogP contribution in [-0.2, 0) is 4.74 Å². The number of rotatable bonds is 4. The molecule has 0 saturated carbocycles. The summed E-state index contributed by atoms with van der Waals surface area (Å²) in [5, 5.41) is 21.6. The first kappa shape index (κ1) is 13.3. The molecule has 2 heterocycles. The van der Waals surface area contributed by atoms with Crippen molar-refractivity contribution in [3.8, 4) is 0 Å². The Balaban J connectivity index is 2.18. The molecule has 1 aliphatic rings. The molecule has 1 aromatic heterocycles. The number of ether oxygens (including phenoxy) is 1.